The second-order valence-corrected chi connectivity index (χ2v) is 6.52. The highest BCUT2D eigenvalue weighted by Crippen LogP contribution is 2.19. The van der Waals surface area contributed by atoms with Gasteiger partial charge in [-0.25, -0.2) is 0 Å². The van der Waals surface area contributed by atoms with Crippen molar-refractivity contribution in [2.24, 2.45) is 0 Å². The summed E-state index contributed by atoms with van der Waals surface area (Å²) in [7, 11) is 0. The quantitative estimate of drug-likeness (QED) is 0.687. The van der Waals surface area contributed by atoms with Gasteiger partial charge in [0.05, 0.1) is 6.26 Å². The first-order valence-corrected chi connectivity index (χ1v) is 8.72. The number of aliphatic hydroxyl groups is 1. The Labute approximate surface area is 144 Å². The predicted molar refractivity (Wildman–Crippen MR) is 94.2 cm³/mol. The van der Waals surface area contributed by atoms with Gasteiger partial charge in [-0.1, -0.05) is 24.3 Å². The van der Waals surface area contributed by atoms with Gasteiger partial charge < -0.3 is 14.8 Å². The maximum atomic E-state index is 12.4. The van der Waals surface area contributed by atoms with E-state index in [2.05, 4.69) is 11.4 Å². The Bertz CT molecular complexity index is 766. The molecule has 1 atom stereocenters. The van der Waals surface area contributed by atoms with Gasteiger partial charge in [0.15, 0.2) is 0 Å². The Morgan fingerprint density at radius 3 is 2.79 bits per heavy atom. The first-order valence-electron chi connectivity index (χ1n) is 7.84. The summed E-state index contributed by atoms with van der Waals surface area (Å²) >= 11 is 1.68. The van der Waals surface area contributed by atoms with Crippen LogP contribution < -0.4 is 5.32 Å². The molecule has 2 heterocycles. The van der Waals surface area contributed by atoms with E-state index in [1.165, 1.54) is 11.1 Å². The molecule has 5 heteroatoms. The summed E-state index contributed by atoms with van der Waals surface area (Å²) in [5.74, 6) is 0.399. The van der Waals surface area contributed by atoms with Gasteiger partial charge in [0.1, 0.15) is 11.9 Å². The van der Waals surface area contributed by atoms with E-state index in [0.29, 0.717) is 24.3 Å². The van der Waals surface area contributed by atoms with E-state index in [1.54, 1.807) is 23.5 Å². The second kappa shape index (κ2) is 7.95. The largest absolute Gasteiger partial charge is 0.467 e. The lowest BCUT2D eigenvalue weighted by molar-refractivity contribution is 0.0935. The lowest BCUT2D eigenvalue weighted by atomic mass is 10.0. The summed E-state index contributed by atoms with van der Waals surface area (Å²) in [4.78, 5) is 13.7. The van der Waals surface area contributed by atoms with Crippen molar-refractivity contribution in [2.45, 2.75) is 18.9 Å². The maximum absolute atomic E-state index is 12.4. The van der Waals surface area contributed by atoms with Crippen molar-refractivity contribution < 1.29 is 14.3 Å². The Balaban J connectivity index is 1.59. The number of furan rings is 1. The van der Waals surface area contributed by atoms with Crippen molar-refractivity contribution in [1.29, 1.82) is 0 Å². The van der Waals surface area contributed by atoms with E-state index in [4.69, 9.17) is 4.42 Å². The van der Waals surface area contributed by atoms with Gasteiger partial charge >= 0.3 is 0 Å². The highest BCUT2D eigenvalue weighted by atomic mass is 32.1. The molecule has 24 heavy (non-hydrogen) atoms. The Hall–Kier alpha value is -2.37. The molecule has 2 N–H and O–H groups in total. The Morgan fingerprint density at radius 2 is 2.04 bits per heavy atom. The van der Waals surface area contributed by atoms with Gasteiger partial charge in [-0.05, 0) is 41.6 Å². The fourth-order valence-corrected chi connectivity index (χ4v) is 3.27. The van der Waals surface area contributed by atoms with E-state index >= 15 is 0 Å². The zero-order chi connectivity index (χ0) is 16.8. The molecule has 3 aromatic rings. The minimum absolute atomic E-state index is 0.117. The monoisotopic (exact) mass is 341 g/mol. The van der Waals surface area contributed by atoms with Crippen LogP contribution in [-0.4, -0.2) is 17.6 Å². The molecule has 1 unspecified atom stereocenters. The molecule has 124 valence electrons. The zero-order valence-electron chi connectivity index (χ0n) is 13.1. The fourth-order valence-electron chi connectivity index (χ4n) is 2.54. The van der Waals surface area contributed by atoms with Crippen LogP contribution in [0.25, 0.3) is 0 Å². The Kier molecular flexibility index (Phi) is 5.46. The highest BCUT2D eigenvalue weighted by molar-refractivity contribution is 7.09. The van der Waals surface area contributed by atoms with Crippen LogP contribution in [0.1, 0.15) is 39.1 Å². The molecule has 2 aromatic heterocycles. The topological polar surface area (TPSA) is 62.5 Å². The number of amides is 1. The molecule has 1 amide bonds. The number of nitrogens with one attached hydrogen (secondary N) is 1. The van der Waals surface area contributed by atoms with E-state index in [9.17, 15) is 9.90 Å². The first-order chi connectivity index (χ1) is 11.7. The van der Waals surface area contributed by atoms with Gasteiger partial charge in [-0.3, -0.25) is 4.79 Å². The molecule has 0 saturated heterocycles. The molecule has 0 saturated carbocycles. The molecule has 0 spiro atoms. The summed E-state index contributed by atoms with van der Waals surface area (Å²) in [5.41, 5.74) is 1.68. The number of aliphatic hydroxyl groups excluding tert-OH is 1. The minimum atomic E-state index is -0.707. The molecular formula is C19H19NO3S. The molecule has 0 aliphatic rings. The van der Waals surface area contributed by atoms with Crippen LogP contribution in [0, 0.1) is 0 Å². The maximum Gasteiger partial charge on any atom is 0.251 e. The molecule has 0 aliphatic heterocycles. The summed E-state index contributed by atoms with van der Waals surface area (Å²) < 4.78 is 5.15. The summed E-state index contributed by atoms with van der Waals surface area (Å²) in [6, 6.07) is 15.2. The average Bonchev–Trinajstić information content (AvgIpc) is 3.29. The molecule has 4 nitrogen and oxygen atoms in total. The molecule has 1 aromatic carbocycles. The smallest absolute Gasteiger partial charge is 0.251 e. The molecule has 0 radical (unpaired) electrons. The van der Waals surface area contributed by atoms with Crippen LogP contribution in [0.5, 0.6) is 0 Å². The van der Waals surface area contributed by atoms with Crippen molar-refractivity contribution in [2.75, 3.05) is 6.54 Å². The summed E-state index contributed by atoms with van der Waals surface area (Å²) in [6.07, 6.45) is 1.97. The molecular weight excluding hydrogens is 322 g/mol. The third-order valence-electron chi connectivity index (χ3n) is 3.78. The van der Waals surface area contributed by atoms with E-state index < -0.39 is 6.10 Å². The van der Waals surface area contributed by atoms with Crippen molar-refractivity contribution >= 4 is 17.2 Å². The predicted octanol–water partition coefficient (Wildman–Crippen LogP) is 3.79. The van der Waals surface area contributed by atoms with Crippen LogP contribution in [0.2, 0.25) is 0 Å². The number of carbonyl (C=O) groups is 1. The number of hydrogen-bond acceptors (Lipinski definition) is 4. The van der Waals surface area contributed by atoms with Crippen LogP contribution in [-0.2, 0) is 6.42 Å². The summed E-state index contributed by atoms with van der Waals surface area (Å²) in [6.45, 7) is 0.383. The molecule has 0 fully saturated rings. The van der Waals surface area contributed by atoms with E-state index in [-0.39, 0.29) is 5.91 Å². The van der Waals surface area contributed by atoms with Gasteiger partial charge in [0, 0.05) is 23.4 Å². The third kappa shape index (κ3) is 4.13. The van der Waals surface area contributed by atoms with Crippen molar-refractivity contribution in [1.82, 2.24) is 5.32 Å². The second-order valence-electron chi connectivity index (χ2n) is 5.49. The normalized spacial score (nSPS) is 12.0. The van der Waals surface area contributed by atoms with Crippen LogP contribution in [0.3, 0.4) is 0 Å². The number of carbonyl (C=O) groups excluding carboxylic acids is 1. The van der Waals surface area contributed by atoms with Gasteiger partial charge in [0.25, 0.3) is 5.91 Å². The SMILES string of the molecule is O=C(NCCC(O)c1ccco1)c1ccccc1Cc1cccs1. The molecule has 3 rings (SSSR count). The van der Waals surface area contributed by atoms with Crippen LogP contribution in [0.4, 0.5) is 0 Å². The molecule has 0 bridgehead atoms. The summed E-state index contributed by atoms with van der Waals surface area (Å²) in [5, 5.41) is 14.9. The minimum Gasteiger partial charge on any atom is -0.467 e. The van der Waals surface area contributed by atoms with Crippen molar-refractivity contribution in [3.05, 3.63) is 81.9 Å². The van der Waals surface area contributed by atoms with Gasteiger partial charge in [-0.15, -0.1) is 11.3 Å². The van der Waals surface area contributed by atoms with Crippen LogP contribution >= 0.6 is 11.3 Å². The van der Waals surface area contributed by atoms with Crippen molar-refractivity contribution in [3.63, 3.8) is 0 Å². The zero-order valence-corrected chi connectivity index (χ0v) is 14.0. The number of benzene rings is 1. The van der Waals surface area contributed by atoms with E-state index in [0.717, 1.165) is 12.0 Å². The van der Waals surface area contributed by atoms with Crippen molar-refractivity contribution in [3.8, 4) is 0 Å². The fraction of sp³-hybridized carbons (Fsp3) is 0.211. The first kappa shape index (κ1) is 16.5. The third-order valence-corrected chi connectivity index (χ3v) is 4.66. The van der Waals surface area contributed by atoms with Gasteiger partial charge in [-0.2, -0.15) is 0 Å². The Morgan fingerprint density at radius 1 is 1.17 bits per heavy atom. The lowest BCUT2D eigenvalue weighted by Gasteiger charge is -2.11. The number of hydrogen-bond donors (Lipinski definition) is 2. The number of thiophene rings is 1. The average molecular weight is 341 g/mol. The van der Waals surface area contributed by atoms with E-state index in [1.807, 2.05) is 35.7 Å². The standard InChI is InChI=1S/C19H19NO3S/c21-17(18-8-3-11-23-18)9-10-20-19(22)16-7-2-1-5-14(16)13-15-6-4-12-24-15/h1-8,11-12,17,21H,9-10,13H2,(H,20,22). The number of rotatable bonds is 7. The molecule has 0 aliphatic carbocycles. The highest BCUT2D eigenvalue weighted by Gasteiger charge is 2.14. The van der Waals surface area contributed by atoms with Gasteiger partial charge in [0.2, 0.25) is 0 Å². The lowest BCUT2D eigenvalue weighted by Crippen LogP contribution is -2.26. The van der Waals surface area contributed by atoms with Crippen LogP contribution in [0.15, 0.2) is 64.6 Å².